The third kappa shape index (κ3) is 5.60. The molecular formula is C19H16ClFN2O3S2. The van der Waals surface area contributed by atoms with Crippen molar-refractivity contribution in [1.82, 2.24) is 9.88 Å². The second-order valence-electron chi connectivity index (χ2n) is 5.95. The van der Waals surface area contributed by atoms with Crippen LogP contribution in [0, 0.1) is 5.82 Å². The summed E-state index contributed by atoms with van der Waals surface area (Å²) in [5.41, 5.74) is 1.17. The molecule has 0 fully saturated rings. The lowest BCUT2D eigenvalue weighted by Crippen LogP contribution is -2.30. The van der Waals surface area contributed by atoms with Gasteiger partial charge in [-0.15, -0.1) is 22.7 Å². The predicted molar refractivity (Wildman–Crippen MR) is 108 cm³/mol. The van der Waals surface area contributed by atoms with Gasteiger partial charge in [0.1, 0.15) is 10.8 Å². The van der Waals surface area contributed by atoms with Gasteiger partial charge in [-0.3, -0.25) is 9.59 Å². The number of thiophene rings is 1. The Morgan fingerprint density at radius 2 is 2.11 bits per heavy atom. The number of nitrogens with zero attached hydrogens (tertiary/aromatic N) is 2. The average molecular weight is 439 g/mol. The molecule has 0 saturated carbocycles. The second-order valence-corrected chi connectivity index (χ2v) is 8.61. The van der Waals surface area contributed by atoms with Gasteiger partial charge in [-0.1, -0.05) is 23.7 Å². The largest absolute Gasteiger partial charge is 0.455 e. The number of esters is 1. The van der Waals surface area contributed by atoms with E-state index in [-0.39, 0.29) is 24.8 Å². The third-order valence-corrected chi connectivity index (χ3v) is 5.91. The second kappa shape index (κ2) is 9.27. The average Bonchev–Trinajstić information content (AvgIpc) is 3.28. The Labute approximate surface area is 174 Å². The van der Waals surface area contributed by atoms with Gasteiger partial charge in [-0.25, -0.2) is 9.37 Å². The van der Waals surface area contributed by atoms with Crippen LogP contribution in [-0.2, 0) is 27.3 Å². The standard InChI is InChI=1S/C19H16ClFN2O3S2/c1-23(9-15-5-6-16(20)28-15)17(24)10-26-18(25)8-14-11-27-19(22-14)12-3-2-4-13(21)7-12/h2-7,11H,8-10H2,1H3. The summed E-state index contributed by atoms with van der Waals surface area (Å²) < 4.78 is 19.0. The molecule has 146 valence electrons. The van der Waals surface area contributed by atoms with Gasteiger partial charge in [0, 0.05) is 22.9 Å². The van der Waals surface area contributed by atoms with E-state index in [0.29, 0.717) is 27.1 Å². The number of likely N-dealkylation sites (N-methyl/N-ethyl adjacent to an activating group) is 1. The van der Waals surface area contributed by atoms with Crippen molar-refractivity contribution in [3.8, 4) is 10.6 Å². The molecule has 0 N–H and O–H groups in total. The minimum atomic E-state index is -0.544. The Balaban J connectivity index is 1.48. The first-order valence-electron chi connectivity index (χ1n) is 8.25. The van der Waals surface area contributed by atoms with Crippen LogP contribution in [0.15, 0.2) is 41.8 Å². The Kier molecular flexibility index (Phi) is 6.77. The van der Waals surface area contributed by atoms with Crippen LogP contribution in [0.4, 0.5) is 4.39 Å². The summed E-state index contributed by atoms with van der Waals surface area (Å²) in [5, 5.41) is 2.34. The SMILES string of the molecule is CN(Cc1ccc(Cl)s1)C(=O)COC(=O)Cc1csc(-c2cccc(F)c2)n1. The first-order valence-corrected chi connectivity index (χ1v) is 10.3. The summed E-state index contributed by atoms with van der Waals surface area (Å²) >= 11 is 8.58. The van der Waals surface area contributed by atoms with Crippen LogP contribution in [0.3, 0.4) is 0 Å². The van der Waals surface area contributed by atoms with Gasteiger partial charge in [0.2, 0.25) is 0 Å². The predicted octanol–water partition coefficient (Wildman–Crippen LogP) is 4.41. The monoisotopic (exact) mass is 438 g/mol. The number of thiazole rings is 1. The van der Waals surface area contributed by atoms with Crippen molar-refractivity contribution in [2.45, 2.75) is 13.0 Å². The number of ether oxygens (including phenoxy) is 1. The maximum absolute atomic E-state index is 13.3. The van der Waals surface area contributed by atoms with E-state index in [9.17, 15) is 14.0 Å². The van der Waals surface area contributed by atoms with E-state index < -0.39 is 5.97 Å². The molecule has 1 amide bonds. The van der Waals surface area contributed by atoms with Gasteiger partial charge in [0.05, 0.1) is 23.0 Å². The molecule has 0 spiro atoms. The van der Waals surface area contributed by atoms with E-state index in [1.54, 1.807) is 30.6 Å². The molecule has 0 saturated heterocycles. The molecule has 0 radical (unpaired) electrons. The topological polar surface area (TPSA) is 59.5 Å². The number of amides is 1. The van der Waals surface area contributed by atoms with Crippen LogP contribution in [0.25, 0.3) is 10.6 Å². The Bertz CT molecular complexity index is 989. The molecule has 2 heterocycles. The van der Waals surface area contributed by atoms with Gasteiger partial charge in [0.25, 0.3) is 5.91 Å². The molecule has 0 atom stereocenters. The summed E-state index contributed by atoms with van der Waals surface area (Å²) in [4.78, 5) is 30.8. The number of halogens is 2. The van der Waals surface area contributed by atoms with Gasteiger partial charge in [-0.2, -0.15) is 0 Å². The fraction of sp³-hybridized carbons (Fsp3) is 0.211. The van der Waals surface area contributed by atoms with E-state index in [1.807, 2.05) is 6.07 Å². The van der Waals surface area contributed by atoms with Crippen molar-refractivity contribution >= 4 is 46.2 Å². The fourth-order valence-electron chi connectivity index (χ4n) is 2.35. The lowest BCUT2D eigenvalue weighted by molar-refractivity contribution is -0.151. The van der Waals surface area contributed by atoms with E-state index in [4.69, 9.17) is 16.3 Å². The van der Waals surface area contributed by atoms with Crippen molar-refractivity contribution in [2.24, 2.45) is 0 Å². The molecule has 0 unspecified atom stereocenters. The number of carbonyl (C=O) groups is 2. The highest BCUT2D eigenvalue weighted by molar-refractivity contribution is 7.16. The van der Waals surface area contributed by atoms with Crippen molar-refractivity contribution in [1.29, 1.82) is 0 Å². The molecule has 0 bridgehead atoms. The number of benzene rings is 1. The highest BCUT2D eigenvalue weighted by Gasteiger charge is 2.15. The van der Waals surface area contributed by atoms with Crippen LogP contribution in [0.5, 0.6) is 0 Å². The van der Waals surface area contributed by atoms with Crippen LogP contribution in [-0.4, -0.2) is 35.4 Å². The fourth-order valence-corrected chi connectivity index (χ4v) is 4.31. The lowest BCUT2D eigenvalue weighted by atomic mass is 10.2. The van der Waals surface area contributed by atoms with Crippen molar-refractivity contribution in [3.63, 3.8) is 0 Å². The number of hydrogen-bond donors (Lipinski definition) is 0. The van der Waals surface area contributed by atoms with Crippen molar-refractivity contribution < 1.29 is 18.7 Å². The molecule has 5 nitrogen and oxygen atoms in total. The van der Waals surface area contributed by atoms with Gasteiger partial charge in [0.15, 0.2) is 6.61 Å². The maximum atomic E-state index is 13.3. The number of hydrogen-bond acceptors (Lipinski definition) is 6. The molecule has 28 heavy (non-hydrogen) atoms. The normalized spacial score (nSPS) is 10.7. The van der Waals surface area contributed by atoms with E-state index in [2.05, 4.69) is 4.98 Å². The highest BCUT2D eigenvalue weighted by atomic mass is 35.5. The van der Waals surface area contributed by atoms with E-state index in [1.165, 1.54) is 39.7 Å². The minimum Gasteiger partial charge on any atom is -0.455 e. The molecule has 2 aromatic heterocycles. The smallest absolute Gasteiger partial charge is 0.312 e. The summed E-state index contributed by atoms with van der Waals surface area (Å²) in [6, 6.07) is 9.71. The number of rotatable bonds is 7. The molecule has 0 aliphatic heterocycles. The maximum Gasteiger partial charge on any atom is 0.312 e. The molecular weight excluding hydrogens is 423 g/mol. The third-order valence-electron chi connectivity index (χ3n) is 3.75. The first kappa shape index (κ1) is 20.4. The van der Waals surface area contributed by atoms with Gasteiger partial charge >= 0.3 is 5.97 Å². The van der Waals surface area contributed by atoms with E-state index >= 15 is 0 Å². The van der Waals surface area contributed by atoms with Gasteiger partial charge < -0.3 is 9.64 Å². The molecule has 9 heteroatoms. The first-order chi connectivity index (χ1) is 13.4. The van der Waals surface area contributed by atoms with Crippen molar-refractivity contribution in [3.05, 3.63) is 62.5 Å². The highest BCUT2D eigenvalue weighted by Crippen LogP contribution is 2.25. The van der Waals surface area contributed by atoms with E-state index in [0.717, 1.165) is 4.88 Å². The number of carbonyl (C=O) groups excluding carboxylic acids is 2. The summed E-state index contributed by atoms with van der Waals surface area (Å²) in [6.07, 6.45) is -0.0522. The quantitative estimate of drug-likeness (QED) is 0.513. The Morgan fingerprint density at radius 3 is 2.82 bits per heavy atom. The molecule has 1 aromatic carbocycles. The molecule has 3 aromatic rings. The Morgan fingerprint density at radius 1 is 1.29 bits per heavy atom. The zero-order chi connectivity index (χ0) is 20.1. The summed E-state index contributed by atoms with van der Waals surface area (Å²) in [7, 11) is 1.63. The zero-order valence-electron chi connectivity index (χ0n) is 14.9. The Hall–Kier alpha value is -2.29. The molecule has 3 rings (SSSR count). The minimum absolute atomic E-state index is 0.0522. The zero-order valence-corrected chi connectivity index (χ0v) is 17.2. The molecule has 0 aliphatic rings. The lowest BCUT2D eigenvalue weighted by Gasteiger charge is -2.16. The number of aromatic nitrogens is 1. The van der Waals surface area contributed by atoms with Crippen LogP contribution >= 0.6 is 34.3 Å². The van der Waals surface area contributed by atoms with Crippen molar-refractivity contribution in [2.75, 3.05) is 13.7 Å². The van der Waals surface area contributed by atoms with Crippen LogP contribution in [0.1, 0.15) is 10.6 Å². The summed E-state index contributed by atoms with van der Waals surface area (Å²) in [5.74, 6) is -1.20. The summed E-state index contributed by atoms with van der Waals surface area (Å²) in [6.45, 7) is 0.0617. The van der Waals surface area contributed by atoms with Crippen LogP contribution < -0.4 is 0 Å². The van der Waals surface area contributed by atoms with Gasteiger partial charge in [-0.05, 0) is 24.3 Å². The molecule has 0 aliphatic carbocycles. The van der Waals surface area contributed by atoms with Crippen LogP contribution in [0.2, 0.25) is 4.34 Å².